The molecule has 0 saturated carbocycles. The molecule has 1 N–H and O–H groups in total. The molecule has 0 aliphatic heterocycles. The molecule has 0 bridgehead atoms. The lowest BCUT2D eigenvalue weighted by Gasteiger charge is -2.20. The lowest BCUT2D eigenvalue weighted by atomic mass is 10.1. The average Bonchev–Trinajstić information content (AvgIpc) is 2.88. The number of carbonyl (C=O) groups is 1. The second-order valence-electron chi connectivity index (χ2n) is 8.47. The van der Waals surface area contributed by atoms with Gasteiger partial charge < -0.3 is 18.9 Å². The minimum atomic E-state index is -4.62. The fourth-order valence-corrected chi connectivity index (χ4v) is 4.86. The maximum Gasteiger partial charge on any atom is 0.421 e. The number of hydrogen-bond donors (Lipinski definition) is 1. The first-order chi connectivity index (χ1) is 18.9. The van der Waals surface area contributed by atoms with E-state index < -0.39 is 28.0 Å². The van der Waals surface area contributed by atoms with Crippen molar-refractivity contribution in [1.82, 2.24) is 14.0 Å². The van der Waals surface area contributed by atoms with E-state index in [1.165, 1.54) is 17.5 Å². The normalized spacial score (nSPS) is 11.9. The Balaban J connectivity index is 2.09. The number of nitrogens with zero attached hydrogens (tertiary/aromatic N) is 2. The summed E-state index contributed by atoms with van der Waals surface area (Å²) >= 11 is 6.00. The van der Waals surface area contributed by atoms with Gasteiger partial charge in [0.2, 0.25) is 5.88 Å². The predicted molar refractivity (Wildman–Crippen MR) is 142 cm³/mol. The third-order valence-electron chi connectivity index (χ3n) is 5.26. The number of amides is 1. The van der Waals surface area contributed by atoms with Gasteiger partial charge in [0.15, 0.2) is 0 Å². The van der Waals surface area contributed by atoms with Crippen LogP contribution < -0.4 is 14.2 Å². The number of carbonyl (C=O) groups excluding carboxylic acids is 1. The van der Waals surface area contributed by atoms with Crippen molar-refractivity contribution in [1.29, 1.82) is 0 Å². The standard InChI is InChI=1S/C25H33ClF3N3O7S/c1-4-10-32(11-5-2)40(34,35)31-24(33)38-12-6-7-18-8-9-20(37-14-13-36-3)16-22(18)39-23-21(26)15-19(17-30-23)25(27,28)29/h8-9,15-17H,4-7,10-14H2,1-3H3,(H,31,33). The molecule has 0 unspecified atom stereocenters. The molecule has 10 nitrogen and oxygen atoms in total. The van der Waals surface area contributed by atoms with Gasteiger partial charge in [-0.1, -0.05) is 31.5 Å². The largest absolute Gasteiger partial charge is 0.491 e. The average molecular weight is 612 g/mol. The highest BCUT2D eigenvalue weighted by Gasteiger charge is 2.32. The van der Waals surface area contributed by atoms with E-state index in [0.717, 1.165) is 0 Å². The minimum Gasteiger partial charge on any atom is -0.491 e. The molecule has 0 fully saturated rings. The van der Waals surface area contributed by atoms with Gasteiger partial charge in [0.05, 0.1) is 18.8 Å². The van der Waals surface area contributed by atoms with E-state index >= 15 is 0 Å². The van der Waals surface area contributed by atoms with Crippen LogP contribution in [0.25, 0.3) is 0 Å². The Labute approximate surface area is 236 Å². The molecule has 0 aliphatic carbocycles. The molecule has 0 spiro atoms. The summed E-state index contributed by atoms with van der Waals surface area (Å²) < 4.78 is 88.2. The summed E-state index contributed by atoms with van der Waals surface area (Å²) in [5.41, 5.74) is -0.433. The van der Waals surface area contributed by atoms with Gasteiger partial charge in [0.1, 0.15) is 23.1 Å². The van der Waals surface area contributed by atoms with Crippen molar-refractivity contribution < 1.29 is 45.3 Å². The maximum absolute atomic E-state index is 13.0. The summed E-state index contributed by atoms with van der Waals surface area (Å²) in [6, 6.07) is 5.57. The van der Waals surface area contributed by atoms with Gasteiger partial charge in [-0.2, -0.15) is 25.9 Å². The Bertz CT molecular complexity index is 1210. The molecule has 0 atom stereocenters. The highest BCUT2D eigenvalue weighted by Crippen LogP contribution is 2.36. The number of aryl methyl sites for hydroxylation is 1. The zero-order valence-electron chi connectivity index (χ0n) is 22.4. The zero-order valence-corrected chi connectivity index (χ0v) is 24.0. The van der Waals surface area contributed by atoms with E-state index in [0.29, 0.717) is 49.4 Å². The van der Waals surface area contributed by atoms with E-state index in [-0.39, 0.29) is 49.4 Å². The summed E-state index contributed by atoms with van der Waals surface area (Å²) in [6.45, 7) is 4.64. The number of nitrogens with one attached hydrogen (secondary N) is 1. The monoisotopic (exact) mass is 611 g/mol. The van der Waals surface area contributed by atoms with Crippen LogP contribution in [0.1, 0.15) is 44.2 Å². The Hall–Kier alpha value is -2.81. The molecule has 1 aromatic heterocycles. The van der Waals surface area contributed by atoms with Crippen LogP contribution in [0.3, 0.4) is 0 Å². The molecule has 224 valence electrons. The number of hydrogen-bond acceptors (Lipinski definition) is 8. The molecule has 0 radical (unpaired) electrons. The van der Waals surface area contributed by atoms with Crippen LogP contribution >= 0.6 is 11.6 Å². The van der Waals surface area contributed by atoms with Gasteiger partial charge in [-0.25, -0.2) is 14.5 Å². The molecule has 1 aromatic carbocycles. The highest BCUT2D eigenvalue weighted by molar-refractivity contribution is 7.87. The van der Waals surface area contributed by atoms with Gasteiger partial charge in [-0.05, 0) is 43.4 Å². The zero-order chi connectivity index (χ0) is 29.8. The minimum absolute atomic E-state index is 0.117. The summed E-state index contributed by atoms with van der Waals surface area (Å²) in [4.78, 5) is 15.8. The van der Waals surface area contributed by atoms with E-state index in [9.17, 15) is 26.4 Å². The summed E-state index contributed by atoms with van der Waals surface area (Å²) in [5.74, 6) is 0.378. The van der Waals surface area contributed by atoms with E-state index in [1.807, 2.05) is 18.6 Å². The van der Waals surface area contributed by atoms with Crippen molar-refractivity contribution in [2.24, 2.45) is 0 Å². The fraction of sp³-hybridized carbons (Fsp3) is 0.520. The third kappa shape index (κ3) is 10.6. The summed E-state index contributed by atoms with van der Waals surface area (Å²) in [5, 5.41) is -0.340. The number of alkyl halides is 3. The number of ether oxygens (including phenoxy) is 4. The smallest absolute Gasteiger partial charge is 0.421 e. The Morgan fingerprint density at radius 1 is 1.10 bits per heavy atom. The SMILES string of the molecule is CCCN(CCC)S(=O)(=O)NC(=O)OCCCc1ccc(OCCOC)cc1Oc1ncc(C(F)(F)F)cc1Cl. The molecule has 1 amide bonds. The molecule has 0 saturated heterocycles. The van der Waals surface area contributed by atoms with Crippen LogP contribution in [0.4, 0.5) is 18.0 Å². The van der Waals surface area contributed by atoms with E-state index in [4.69, 9.17) is 30.5 Å². The van der Waals surface area contributed by atoms with Crippen LogP contribution in [-0.4, -0.2) is 63.8 Å². The maximum atomic E-state index is 13.0. The first-order valence-electron chi connectivity index (χ1n) is 12.5. The second kappa shape index (κ2) is 15.8. The van der Waals surface area contributed by atoms with E-state index in [1.54, 1.807) is 12.1 Å². The quantitative estimate of drug-likeness (QED) is 0.244. The van der Waals surface area contributed by atoms with Crippen molar-refractivity contribution in [3.63, 3.8) is 0 Å². The van der Waals surface area contributed by atoms with Crippen LogP contribution in [0, 0.1) is 0 Å². The first-order valence-corrected chi connectivity index (χ1v) is 14.3. The molecule has 2 aromatic rings. The fourth-order valence-electron chi connectivity index (χ4n) is 3.41. The first kappa shape index (κ1) is 33.4. The van der Waals surface area contributed by atoms with Gasteiger partial charge >= 0.3 is 22.5 Å². The van der Waals surface area contributed by atoms with Crippen molar-refractivity contribution >= 4 is 27.9 Å². The van der Waals surface area contributed by atoms with Gasteiger partial charge in [0.25, 0.3) is 0 Å². The number of pyridine rings is 1. The molecule has 0 aliphatic rings. The highest BCUT2D eigenvalue weighted by atomic mass is 35.5. The topological polar surface area (TPSA) is 116 Å². The van der Waals surface area contributed by atoms with Gasteiger partial charge in [-0.15, -0.1) is 0 Å². The number of aromatic nitrogens is 1. The Morgan fingerprint density at radius 3 is 2.40 bits per heavy atom. The molecule has 2 rings (SSSR count). The van der Waals surface area contributed by atoms with Crippen LogP contribution in [-0.2, 0) is 32.3 Å². The second-order valence-corrected chi connectivity index (χ2v) is 10.5. The molecular weight excluding hydrogens is 579 g/mol. The molecule has 15 heteroatoms. The van der Waals surface area contributed by atoms with Gasteiger partial charge in [0, 0.05) is 32.5 Å². The van der Waals surface area contributed by atoms with Crippen LogP contribution in [0.15, 0.2) is 30.5 Å². The lowest BCUT2D eigenvalue weighted by Crippen LogP contribution is -2.44. The summed E-state index contributed by atoms with van der Waals surface area (Å²) in [7, 11) is -2.51. The van der Waals surface area contributed by atoms with Crippen LogP contribution in [0.5, 0.6) is 17.4 Å². The number of methoxy groups -OCH3 is 1. The third-order valence-corrected chi connectivity index (χ3v) is 7.00. The van der Waals surface area contributed by atoms with Crippen molar-refractivity contribution in [3.8, 4) is 17.4 Å². The van der Waals surface area contributed by atoms with E-state index in [2.05, 4.69) is 4.98 Å². The molecular formula is C25H33ClF3N3O7S. The number of rotatable bonds is 16. The Morgan fingerprint density at radius 2 is 1.80 bits per heavy atom. The van der Waals surface area contributed by atoms with Crippen molar-refractivity contribution in [2.45, 2.75) is 45.7 Å². The summed E-state index contributed by atoms with van der Waals surface area (Å²) in [6.07, 6.45) is -3.36. The number of halogens is 4. The molecule has 40 heavy (non-hydrogen) atoms. The molecule has 1 heterocycles. The predicted octanol–water partition coefficient (Wildman–Crippen LogP) is 5.60. The van der Waals surface area contributed by atoms with Crippen LogP contribution in [0.2, 0.25) is 5.02 Å². The number of benzene rings is 1. The van der Waals surface area contributed by atoms with Gasteiger partial charge in [-0.3, -0.25) is 0 Å². The van der Waals surface area contributed by atoms with Crippen molar-refractivity contribution in [2.75, 3.05) is 40.0 Å². The van der Waals surface area contributed by atoms with Crippen molar-refractivity contribution in [3.05, 3.63) is 46.6 Å². The lowest BCUT2D eigenvalue weighted by molar-refractivity contribution is -0.137. The Kier molecular flexibility index (Phi) is 13.2.